The molecular formula is C4H8BrNO2S. The molecule has 0 saturated carbocycles. The lowest BCUT2D eigenvalue weighted by molar-refractivity contribution is -0.516. The van der Waals surface area contributed by atoms with E-state index in [1.807, 2.05) is 0 Å². The number of rotatable bonds is 4. The van der Waals surface area contributed by atoms with Crippen LogP contribution in [-0.2, 0) is 0 Å². The molecule has 0 aliphatic rings. The standard InChI is InChI=1S/C4H8BrNO2S/c5-2-1-4(3-9)6(7)8/h4,9H,1-3H2. The van der Waals surface area contributed by atoms with Crippen LogP contribution in [0, 0.1) is 10.1 Å². The Bertz CT molecular complexity index is 101. The van der Waals surface area contributed by atoms with Crippen LogP contribution in [0.4, 0.5) is 0 Å². The minimum atomic E-state index is -0.493. The molecule has 54 valence electrons. The van der Waals surface area contributed by atoms with E-state index in [1.165, 1.54) is 0 Å². The molecular weight excluding hydrogens is 206 g/mol. The molecule has 1 atom stereocenters. The first-order valence-corrected chi connectivity index (χ1v) is 4.28. The maximum atomic E-state index is 10.1. The van der Waals surface area contributed by atoms with Crippen molar-refractivity contribution < 1.29 is 4.92 Å². The number of nitro groups is 1. The zero-order valence-corrected chi connectivity index (χ0v) is 7.27. The molecule has 0 N–H and O–H groups in total. The van der Waals surface area contributed by atoms with Crippen molar-refractivity contribution in [3.05, 3.63) is 10.1 Å². The summed E-state index contributed by atoms with van der Waals surface area (Å²) in [6.45, 7) is 0. The molecule has 1 unspecified atom stereocenters. The quantitative estimate of drug-likeness (QED) is 0.332. The lowest BCUT2D eigenvalue weighted by Gasteiger charge is -2.01. The summed E-state index contributed by atoms with van der Waals surface area (Å²) in [6.07, 6.45) is 0.552. The average molecular weight is 214 g/mol. The van der Waals surface area contributed by atoms with E-state index in [4.69, 9.17) is 0 Å². The van der Waals surface area contributed by atoms with E-state index in [9.17, 15) is 10.1 Å². The fourth-order valence-corrected chi connectivity index (χ4v) is 1.23. The van der Waals surface area contributed by atoms with E-state index in [1.54, 1.807) is 0 Å². The molecule has 0 heterocycles. The zero-order valence-electron chi connectivity index (χ0n) is 4.79. The van der Waals surface area contributed by atoms with Gasteiger partial charge >= 0.3 is 0 Å². The molecule has 0 aromatic carbocycles. The highest BCUT2D eigenvalue weighted by Gasteiger charge is 2.15. The number of nitrogens with zero attached hydrogens (tertiary/aromatic N) is 1. The van der Waals surface area contributed by atoms with Crippen LogP contribution >= 0.6 is 28.6 Å². The second-order valence-electron chi connectivity index (χ2n) is 1.60. The van der Waals surface area contributed by atoms with Gasteiger partial charge in [-0.05, 0) is 0 Å². The smallest absolute Gasteiger partial charge is 0.222 e. The molecule has 0 spiro atoms. The third-order valence-electron chi connectivity index (χ3n) is 0.951. The summed E-state index contributed by atoms with van der Waals surface area (Å²) in [5, 5.41) is 10.7. The third kappa shape index (κ3) is 3.75. The lowest BCUT2D eigenvalue weighted by atomic mass is 10.3. The van der Waals surface area contributed by atoms with Crippen LogP contribution in [0.25, 0.3) is 0 Å². The maximum Gasteiger partial charge on any atom is 0.222 e. The summed E-state index contributed by atoms with van der Waals surface area (Å²) < 4.78 is 0. The van der Waals surface area contributed by atoms with Crippen molar-refractivity contribution in [2.45, 2.75) is 12.5 Å². The predicted octanol–water partition coefficient (Wildman–Crippen LogP) is 1.35. The second kappa shape index (κ2) is 5.05. The van der Waals surface area contributed by atoms with Gasteiger partial charge in [0.05, 0.1) is 5.75 Å². The van der Waals surface area contributed by atoms with Crippen molar-refractivity contribution in [2.24, 2.45) is 0 Å². The van der Waals surface area contributed by atoms with E-state index in [-0.39, 0.29) is 4.92 Å². The number of hydrogen-bond donors (Lipinski definition) is 1. The van der Waals surface area contributed by atoms with Gasteiger partial charge in [0.1, 0.15) is 0 Å². The van der Waals surface area contributed by atoms with Gasteiger partial charge in [-0.25, -0.2) is 0 Å². The average Bonchev–Trinajstić information content (AvgIpc) is 1.82. The number of thiol groups is 1. The van der Waals surface area contributed by atoms with Crippen molar-refractivity contribution in [1.82, 2.24) is 0 Å². The molecule has 0 radical (unpaired) electrons. The van der Waals surface area contributed by atoms with Gasteiger partial charge in [-0.3, -0.25) is 10.1 Å². The number of alkyl halides is 1. The van der Waals surface area contributed by atoms with Gasteiger partial charge in [-0.1, -0.05) is 15.9 Å². The summed E-state index contributed by atoms with van der Waals surface area (Å²) in [4.78, 5) is 9.76. The fourth-order valence-electron chi connectivity index (χ4n) is 0.389. The molecule has 3 nitrogen and oxygen atoms in total. The number of hydrogen-bond acceptors (Lipinski definition) is 3. The molecule has 0 aromatic rings. The van der Waals surface area contributed by atoms with Crippen molar-refractivity contribution >= 4 is 28.6 Å². The summed E-state index contributed by atoms with van der Waals surface area (Å²) in [7, 11) is 0. The first-order valence-electron chi connectivity index (χ1n) is 2.52. The Morgan fingerprint density at radius 3 is 2.44 bits per heavy atom. The Kier molecular flexibility index (Phi) is 5.18. The van der Waals surface area contributed by atoms with Gasteiger partial charge in [0.2, 0.25) is 6.04 Å². The Hall–Kier alpha value is 0.230. The minimum Gasteiger partial charge on any atom is -0.264 e. The molecule has 0 aliphatic heterocycles. The molecule has 9 heavy (non-hydrogen) atoms. The van der Waals surface area contributed by atoms with Gasteiger partial charge in [-0.15, -0.1) is 0 Å². The highest BCUT2D eigenvalue weighted by molar-refractivity contribution is 9.09. The number of halogens is 1. The lowest BCUT2D eigenvalue weighted by Crippen LogP contribution is -2.21. The predicted molar refractivity (Wildman–Crippen MR) is 43.0 cm³/mol. The molecule has 0 rings (SSSR count). The molecule has 0 aliphatic carbocycles. The Morgan fingerprint density at radius 2 is 2.33 bits per heavy atom. The van der Waals surface area contributed by atoms with Crippen molar-refractivity contribution in [3.8, 4) is 0 Å². The van der Waals surface area contributed by atoms with E-state index in [2.05, 4.69) is 28.6 Å². The second-order valence-corrected chi connectivity index (χ2v) is 2.76. The van der Waals surface area contributed by atoms with E-state index >= 15 is 0 Å². The molecule has 5 heteroatoms. The summed E-state index contributed by atoms with van der Waals surface area (Å²) in [5.41, 5.74) is 0. The van der Waals surface area contributed by atoms with Crippen LogP contribution in [0.15, 0.2) is 0 Å². The first kappa shape index (κ1) is 9.23. The van der Waals surface area contributed by atoms with Gasteiger partial charge in [0, 0.05) is 16.7 Å². The topological polar surface area (TPSA) is 43.1 Å². The molecule has 0 saturated heterocycles. The Labute approximate surface area is 67.5 Å². The minimum absolute atomic E-state index is 0.297. The summed E-state index contributed by atoms with van der Waals surface area (Å²) >= 11 is 6.95. The van der Waals surface area contributed by atoms with Gasteiger partial charge in [-0.2, -0.15) is 12.6 Å². The highest BCUT2D eigenvalue weighted by atomic mass is 79.9. The fraction of sp³-hybridized carbons (Fsp3) is 1.00. The highest BCUT2D eigenvalue weighted by Crippen LogP contribution is 2.01. The summed E-state index contributed by atoms with van der Waals surface area (Å²) in [5.74, 6) is 0.318. The van der Waals surface area contributed by atoms with Crippen LogP contribution in [0.3, 0.4) is 0 Å². The monoisotopic (exact) mass is 213 g/mol. The van der Waals surface area contributed by atoms with Crippen LogP contribution in [0.5, 0.6) is 0 Å². The van der Waals surface area contributed by atoms with E-state index in [0.29, 0.717) is 17.5 Å². The van der Waals surface area contributed by atoms with Crippen LogP contribution in [-0.4, -0.2) is 22.0 Å². The van der Waals surface area contributed by atoms with Crippen LogP contribution < -0.4 is 0 Å². The molecule has 0 bridgehead atoms. The third-order valence-corrected chi connectivity index (χ3v) is 1.83. The molecule has 0 aromatic heterocycles. The van der Waals surface area contributed by atoms with Crippen molar-refractivity contribution in [3.63, 3.8) is 0 Å². The van der Waals surface area contributed by atoms with Gasteiger partial charge in [0.25, 0.3) is 0 Å². The molecule has 0 amide bonds. The van der Waals surface area contributed by atoms with Crippen LogP contribution in [0.1, 0.15) is 6.42 Å². The SMILES string of the molecule is O=[N+]([O-])C(CS)CCBr. The largest absolute Gasteiger partial charge is 0.264 e. The van der Waals surface area contributed by atoms with Gasteiger partial charge < -0.3 is 0 Å². The Balaban J connectivity index is 3.54. The maximum absolute atomic E-state index is 10.1. The van der Waals surface area contributed by atoms with E-state index < -0.39 is 6.04 Å². The first-order chi connectivity index (χ1) is 4.22. The van der Waals surface area contributed by atoms with Gasteiger partial charge in [0.15, 0.2) is 0 Å². The summed E-state index contributed by atoms with van der Waals surface area (Å²) in [6, 6.07) is -0.493. The van der Waals surface area contributed by atoms with Crippen molar-refractivity contribution in [2.75, 3.05) is 11.1 Å². The molecule has 0 fully saturated rings. The normalized spacial score (nSPS) is 13.1. The van der Waals surface area contributed by atoms with Crippen molar-refractivity contribution in [1.29, 1.82) is 0 Å². The zero-order chi connectivity index (χ0) is 7.28. The Morgan fingerprint density at radius 1 is 1.78 bits per heavy atom. The van der Waals surface area contributed by atoms with E-state index in [0.717, 1.165) is 0 Å². The van der Waals surface area contributed by atoms with Crippen LogP contribution in [0.2, 0.25) is 0 Å².